The molecule has 0 saturated heterocycles. The summed E-state index contributed by atoms with van der Waals surface area (Å²) in [5.74, 6) is 0.0619. The molecule has 3 heteroatoms. The quantitative estimate of drug-likeness (QED) is 0.574. The molecule has 0 aromatic carbocycles. The Labute approximate surface area is 67.9 Å². The molecule has 3 N–H and O–H groups in total. The van der Waals surface area contributed by atoms with Crippen LogP contribution in [0, 0.1) is 5.92 Å². The second-order valence-electron chi connectivity index (χ2n) is 2.57. The highest BCUT2D eigenvalue weighted by Gasteiger charge is 2.00. The first-order valence-electron chi connectivity index (χ1n) is 3.77. The van der Waals surface area contributed by atoms with Gasteiger partial charge in [0.15, 0.2) is 0 Å². The maximum absolute atomic E-state index is 8.71. The lowest BCUT2D eigenvalue weighted by atomic mass is 10.1. The van der Waals surface area contributed by atoms with E-state index >= 15 is 0 Å². The van der Waals surface area contributed by atoms with Crippen LogP contribution in [0.1, 0.15) is 13.3 Å². The number of hydrogen-bond donors (Lipinski definition) is 2. The minimum Gasteiger partial charge on any atom is -0.402 e. The number of hydrogen-bond acceptors (Lipinski definition) is 3. The van der Waals surface area contributed by atoms with E-state index < -0.39 is 0 Å². The van der Waals surface area contributed by atoms with Gasteiger partial charge in [0.25, 0.3) is 0 Å². The predicted octanol–water partition coefficient (Wildman–Crippen LogP) is 0.494. The molecule has 0 aliphatic rings. The molecule has 0 spiro atoms. The molecule has 11 heavy (non-hydrogen) atoms. The Morgan fingerprint density at radius 2 is 2.36 bits per heavy atom. The third kappa shape index (κ3) is 4.81. The highest BCUT2D eigenvalue weighted by Crippen LogP contribution is 2.03. The first-order valence-corrected chi connectivity index (χ1v) is 3.77. The van der Waals surface area contributed by atoms with Gasteiger partial charge in [0.1, 0.15) is 0 Å². The van der Waals surface area contributed by atoms with Gasteiger partial charge in [-0.15, -0.1) is 0 Å². The summed E-state index contributed by atoms with van der Waals surface area (Å²) in [7, 11) is 1.65. The lowest BCUT2D eigenvalue weighted by Gasteiger charge is -2.07. The van der Waals surface area contributed by atoms with Gasteiger partial charge in [-0.25, -0.2) is 0 Å². The van der Waals surface area contributed by atoms with Crippen LogP contribution in [0.5, 0.6) is 0 Å². The minimum absolute atomic E-state index is 0.0619. The van der Waals surface area contributed by atoms with E-state index in [1.165, 1.54) is 0 Å². The van der Waals surface area contributed by atoms with Crippen LogP contribution >= 0.6 is 0 Å². The lowest BCUT2D eigenvalue weighted by molar-refractivity contribution is 0.203. The number of ether oxygens (including phenoxy) is 1. The van der Waals surface area contributed by atoms with E-state index in [4.69, 9.17) is 15.6 Å². The Kier molecular flexibility index (Phi) is 5.88. The standard InChI is InChI=1S/C8H17NO2/c1-7(6-10)8(9)4-3-5-11-2/h4,7,10H,3,5-6,9H2,1-2H3/b8-4+/t7-/m0/s1. The van der Waals surface area contributed by atoms with E-state index in [1.54, 1.807) is 7.11 Å². The molecule has 0 saturated carbocycles. The van der Waals surface area contributed by atoms with Crippen molar-refractivity contribution >= 4 is 0 Å². The Morgan fingerprint density at radius 1 is 1.73 bits per heavy atom. The van der Waals surface area contributed by atoms with Gasteiger partial charge in [0.05, 0.1) is 6.61 Å². The second-order valence-corrected chi connectivity index (χ2v) is 2.57. The number of rotatable bonds is 5. The number of nitrogens with two attached hydrogens (primary N) is 1. The van der Waals surface area contributed by atoms with Crippen LogP contribution in [-0.4, -0.2) is 25.4 Å². The fourth-order valence-corrected chi connectivity index (χ4v) is 0.650. The summed E-state index contributed by atoms with van der Waals surface area (Å²) in [6, 6.07) is 0. The van der Waals surface area contributed by atoms with E-state index in [1.807, 2.05) is 13.0 Å². The van der Waals surface area contributed by atoms with Crippen LogP contribution in [0.2, 0.25) is 0 Å². The smallest absolute Gasteiger partial charge is 0.0511 e. The van der Waals surface area contributed by atoms with Gasteiger partial charge in [0.2, 0.25) is 0 Å². The molecule has 0 bridgehead atoms. The summed E-state index contributed by atoms with van der Waals surface area (Å²) in [4.78, 5) is 0. The van der Waals surface area contributed by atoms with Crippen LogP contribution in [0.3, 0.4) is 0 Å². The first kappa shape index (κ1) is 10.5. The van der Waals surface area contributed by atoms with Gasteiger partial charge in [-0.1, -0.05) is 13.0 Å². The van der Waals surface area contributed by atoms with E-state index in [-0.39, 0.29) is 12.5 Å². The molecule has 1 atom stereocenters. The predicted molar refractivity (Wildman–Crippen MR) is 45.0 cm³/mol. The van der Waals surface area contributed by atoms with Gasteiger partial charge < -0.3 is 15.6 Å². The van der Waals surface area contributed by atoms with Crippen molar-refractivity contribution in [3.05, 3.63) is 11.8 Å². The lowest BCUT2D eigenvalue weighted by Crippen LogP contribution is -2.12. The number of methoxy groups -OCH3 is 1. The molecular weight excluding hydrogens is 142 g/mol. The van der Waals surface area contributed by atoms with E-state index in [0.29, 0.717) is 6.61 Å². The Balaban J connectivity index is 3.61. The van der Waals surface area contributed by atoms with Crippen LogP contribution in [0.15, 0.2) is 11.8 Å². The van der Waals surface area contributed by atoms with E-state index in [9.17, 15) is 0 Å². The zero-order chi connectivity index (χ0) is 8.69. The Bertz CT molecular complexity index is 123. The van der Waals surface area contributed by atoms with E-state index in [0.717, 1.165) is 12.1 Å². The van der Waals surface area contributed by atoms with Crippen molar-refractivity contribution in [2.75, 3.05) is 20.3 Å². The minimum atomic E-state index is 0.0619. The molecule has 0 fully saturated rings. The number of aliphatic hydroxyl groups is 1. The van der Waals surface area contributed by atoms with Gasteiger partial charge in [0, 0.05) is 25.3 Å². The Hall–Kier alpha value is -0.540. The molecule has 0 aromatic heterocycles. The van der Waals surface area contributed by atoms with Crippen molar-refractivity contribution in [3.63, 3.8) is 0 Å². The highest BCUT2D eigenvalue weighted by atomic mass is 16.5. The van der Waals surface area contributed by atoms with Crippen molar-refractivity contribution in [2.24, 2.45) is 11.7 Å². The van der Waals surface area contributed by atoms with Gasteiger partial charge >= 0.3 is 0 Å². The molecule has 0 rings (SSSR count). The molecule has 0 unspecified atom stereocenters. The summed E-state index contributed by atoms with van der Waals surface area (Å²) in [6.07, 6.45) is 2.71. The fourth-order valence-electron chi connectivity index (χ4n) is 0.650. The second kappa shape index (κ2) is 6.19. The maximum Gasteiger partial charge on any atom is 0.0511 e. The third-order valence-corrected chi connectivity index (χ3v) is 1.54. The third-order valence-electron chi connectivity index (χ3n) is 1.54. The van der Waals surface area contributed by atoms with Gasteiger partial charge in [-0.3, -0.25) is 0 Å². The molecule has 0 amide bonds. The molecule has 0 aliphatic carbocycles. The van der Waals surface area contributed by atoms with Crippen molar-refractivity contribution in [1.82, 2.24) is 0 Å². The maximum atomic E-state index is 8.71. The van der Waals surface area contributed by atoms with Crippen LogP contribution in [-0.2, 0) is 4.74 Å². The fraction of sp³-hybridized carbons (Fsp3) is 0.750. The van der Waals surface area contributed by atoms with Crippen molar-refractivity contribution in [2.45, 2.75) is 13.3 Å². The van der Waals surface area contributed by atoms with Gasteiger partial charge in [-0.05, 0) is 6.42 Å². The average Bonchev–Trinajstić information content (AvgIpc) is 2.03. The molecule has 0 heterocycles. The van der Waals surface area contributed by atoms with Crippen LogP contribution in [0.25, 0.3) is 0 Å². The topological polar surface area (TPSA) is 55.5 Å². The zero-order valence-electron chi connectivity index (χ0n) is 7.21. The molecule has 0 aromatic rings. The van der Waals surface area contributed by atoms with Crippen molar-refractivity contribution in [3.8, 4) is 0 Å². The molecule has 0 aliphatic heterocycles. The van der Waals surface area contributed by atoms with E-state index in [2.05, 4.69) is 0 Å². The summed E-state index contributed by atoms with van der Waals surface area (Å²) >= 11 is 0. The summed E-state index contributed by atoms with van der Waals surface area (Å²) < 4.78 is 4.84. The van der Waals surface area contributed by atoms with Crippen molar-refractivity contribution in [1.29, 1.82) is 0 Å². The molecular formula is C8H17NO2. The van der Waals surface area contributed by atoms with Crippen LogP contribution < -0.4 is 5.73 Å². The van der Waals surface area contributed by atoms with Crippen LogP contribution in [0.4, 0.5) is 0 Å². The largest absolute Gasteiger partial charge is 0.402 e. The summed E-state index contributed by atoms with van der Waals surface area (Å²) in [6.45, 7) is 2.67. The molecule has 0 radical (unpaired) electrons. The molecule has 3 nitrogen and oxygen atoms in total. The SMILES string of the molecule is COCC/C=C(/N)[C@@H](C)CO. The van der Waals surface area contributed by atoms with Gasteiger partial charge in [-0.2, -0.15) is 0 Å². The highest BCUT2D eigenvalue weighted by molar-refractivity contribution is 5.00. The zero-order valence-corrected chi connectivity index (χ0v) is 7.21. The Morgan fingerprint density at radius 3 is 2.82 bits per heavy atom. The first-order chi connectivity index (χ1) is 5.22. The monoisotopic (exact) mass is 159 g/mol. The average molecular weight is 159 g/mol. The normalized spacial score (nSPS) is 15.0. The summed E-state index contributed by atoms with van der Waals surface area (Å²) in [5, 5.41) is 8.71. The van der Waals surface area contributed by atoms with Crippen molar-refractivity contribution < 1.29 is 9.84 Å². The molecule has 66 valence electrons. The summed E-state index contributed by atoms with van der Waals surface area (Å²) in [5.41, 5.74) is 6.35. The number of aliphatic hydroxyl groups excluding tert-OH is 1.